The third kappa shape index (κ3) is 6.02. The maximum atomic E-state index is 13.0. The smallest absolute Gasteiger partial charge is 0.320 e. The van der Waals surface area contributed by atoms with Gasteiger partial charge in [0.25, 0.3) is 0 Å². The second kappa shape index (κ2) is 9.62. The van der Waals surface area contributed by atoms with E-state index in [1.165, 1.54) is 9.80 Å². The number of benzene rings is 1. The van der Waals surface area contributed by atoms with Gasteiger partial charge in [0, 0.05) is 27.2 Å². The summed E-state index contributed by atoms with van der Waals surface area (Å²) >= 11 is 0. The quantitative estimate of drug-likeness (QED) is 0.671. The first-order valence-corrected chi connectivity index (χ1v) is 8.85. The highest BCUT2D eigenvalue weighted by Crippen LogP contribution is 2.14. The molecule has 1 aromatic carbocycles. The van der Waals surface area contributed by atoms with Gasteiger partial charge in [-0.2, -0.15) is 0 Å². The largest absolute Gasteiger partial charge is 0.464 e. The van der Waals surface area contributed by atoms with E-state index in [4.69, 9.17) is 4.42 Å². The summed E-state index contributed by atoms with van der Waals surface area (Å²) in [7, 11) is 3.33. The topological polar surface area (TPSA) is 57.0 Å². The van der Waals surface area contributed by atoms with Crippen LogP contribution in [0.3, 0.4) is 0 Å². The molecule has 0 aliphatic rings. The molecule has 1 heterocycles. The van der Waals surface area contributed by atoms with E-state index >= 15 is 0 Å². The van der Waals surface area contributed by atoms with Gasteiger partial charge in [0.05, 0.1) is 6.54 Å². The van der Waals surface area contributed by atoms with Gasteiger partial charge in [0.1, 0.15) is 18.1 Å². The van der Waals surface area contributed by atoms with Crippen LogP contribution in [-0.2, 0) is 17.9 Å². The van der Waals surface area contributed by atoms with Crippen molar-refractivity contribution in [2.45, 2.75) is 20.0 Å². The summed E-state index contributed by atoms with van der Waals surface area (Å²) < 4.78 is 5.64. The SMILES string of the molecule is C=CCN(CC(=O)N(Cc1ccccc1)Cc1ccc(C)o1)C(=O)N(C)C. The average molecular weight is 369 g/mol. The first-order valence-electron chi connectivity index (χ1n) is 8.85. The van der Waals surface area contributed by atoms with Crippen LogP contribution in [0.15, 0.2) is 59.5 Å². The number of furan rings is 1. The lowest BCUT2D eigenvalue weighted by Crippen LogP contribution is -2.46. The van der Waals surface area contributed by atoms with E-state index in [0.29, 0.717) is 25.4 Å². The molecule has 144 valence electrons. The second-order valence-corrected chi connectivity index (χ2v) is 6.59. The molecule has 2 aromatic rings. The molecule has 0 aliphatic heterocycles. The molecule has 1 aromatic heterocycles. The van der Waals surface area contributed by atoms with Gasteiger partial charge in [-0.25, -0.2) is 4.79 Å². The van der Waals surface area contributed by atoms with E-state index in [2.05, 4.69) is 6.58 Å². The molecule has 27 heavy (non-hydrogen) atoms. The van der Waals surface area contributed by atoms with E-state index < -0.39 is 0 Å². The van der Waals surface area contributed by atoms with Crippen LogP contribution in [0.25, 0.3) is 0 Å². The molecule has 3 amide bonds. The van der Waals surface area contributed by atoms with Crippen molar-refractivity contribution in [3.8, 4) is 0 Å². The van der Waals surface area contributed by atoms with Gasteiger partial charge >= 0.3 is 6.03 Å². The Morgan fingerprint density at radius 1 is 1.04 bits per heavy atom. The lowest BCUT2D eigenvalue weighted by molar-refractivity contribution is -0.133. The summed E-state index contributed by atoms with van der Waals surface area (Å²) in [5.41, 5.74) is 1.02. The molecule has 0 N–H and O–H groups in total. The number of nitrogens with zero attached hydrogens (tertiary/aromatic N) is 3. The standard InChI is InChI=1S/C21H27N3O3/c1-5-13-23(21(26)22(3)4)16-20(25)24(14-18-9-7-6-8-10-18)15-19-12-11-17(2)27-19/h5-12H,1,13-16H2,2-4H3. The van der Waals surface area contributed by atoms with Crippen LogP contribution in [-0.4, -0.2) is 53.8 Å². The van der Waals surface area contributed by atoms with Crippen molar-refractivity contribution in [2.75, 3.05) is 27.2 Å². The molecule has 0 atom stereocenters. The highest BCUT2D eigenvalue weighted by atomic mass is 16.3. The molecule has 0 spiro atoms. The Bertz CT molecular complexity index is 768. The highest BCUT2D eigenvalue weighted by Gasteiger charge is 2.22. The Balaban J connectivity index is 2.18. The molecule has 0 aliphatic carbocycles. The fourth-order valence-electron chi connectivity index (χ4n) is 2.71. The fourth-order valence-corrected chi connectivity index (χ4v) is 2.71. The number of carbonyl (C=O) groups is 2. The molecular formula is C21H27N3O3. The van der Waals surface area contributed by atoms with E-state index in [1.807, 2.05) is 49.4 Å². The second-order valence-electron chi connectivity index (χ2n) is 6.59. The Labute approximate surface area is 160 Å². The van der Waals surface area contributed by atoms with E-state index in [-0.39, 0.29) is 18.5 Å². The molecule has 0 saturated heterocycles. The summed E-state index contributed by atoms with van der Waals surface area (Å²) in [6.07, 6.45) is 1.62. The third-order valence-electron chi connectivity index (χ3n) is 4.04. The van der Waals surface area contributed by atoms with Gasteiger partial charge in [0.15, 0.2) is 0 Å². The molecule has 0 unspecified atom stereocenters. The van der Waals surface area contributed by atoms with E-state index in [1.54, 1.807) is 25.1 Å². The summed E-state index contributed by atoms with van der Waals surface area (Å²) in [4.78, 5) is 30.0. The summed E-state index contributed by atoms with van der Waals surface area (Å²) in [5.74, 6) is 1.36. The third-order valence-corrected chi connectivity index (χ3v) is 4.04. The predicted molar refractivity (Wildman–Crippen MR) is 105 cm³/mol. The van der Waals surface area contributed by atoms with Crippen molar-refractivity contribution in [1.29, 1.82) is 0 Å². The molecule has 6 heteroatoms. The number of carbonyl (C=O) groups excluding carboxylic acids is 2. The van der Waals surface area contributed by atoms with Crippen molar-refractivity contribution in [3.63, 3.8) is 0 Å². The van der Waals surface area contributed by atoms with Crippen LogP contribution in [0, 0.1) is 6.92 Å². The zero-order valence-corrected chi connectivity index (χ0v) is 16.2. The van der Waals surface area contributed by atoms with Gasteiger partial charge in [0.2, 0.25) is 5.91 Å². The van der Waals surface area contributed by atoms with Crippen molar-refractivity contribution in [2.24, 2.45) is 0 Å². The van der Waals surface area contributed by atoms with Gasteiger partial charge in [-0.1, -0.05) is 36.4 Å². The molecule has 6 nitrogen and oxygen atoms in total. The number of urea groups is 1. The normalized spacial score (nSPS) is 10.3. The van der Waals surface area contributed by atoms with Crippen LogP contribution < -0.4 is 0 Å². The summed E-state index contributed by atoms with van der Waals surface area (Å²) in [6.45, 7) is 6.63. The number of hydrogen-bond donors (Lipinski definition) is 0. The lowest BCUT2D eigenvalue weighted by Gasteiger charge is -2.28. The molecule has 0 bridgehead atoms. The Hall–Kier alpha value is -3.02. The van der Waals surface area contributed by atoms with E-state index in [9.17, 15) is 9.59 Å². The van der Waals surface area contributed by atoms with Gasteiger partial charge < -0.3 is 19.1 Å². The number of amides is 3. The van der Waals surface area contributed by atoms with Crippen molar-refractivity contribution in [1.82, 2.24) is 14.7 Å². The highest BCUT2D eigenvalue weighted by molar-refractivity contribution is 5.84. The number of rotatable bonds is 8. The van der Waals surface area contributed by atoms with Crippen molar-refractivity contribution in [3.05, 3.63) is 72.2 Å². The maximum absolute atomic E-state index is 13.0. The minimum atomic E-state index is -0.225. The molecule has 0 radical (unpaired) electrons. The molecular weight excluding hydrogens is 342 g/mol. The van der Waals surface area contributed by atoms with Crippen LogP contribution >= 0.6 is 0 Å². The number of aryl methyl sites for hydroxylation is 1. The van der Waals surface area contributed by atoms with Crippen LogP contribution in [0.5, 0.6) is 0 Å². The van der Waals surface area contributed by atoms with E-state index in [0.717, 1.165) is 11.3 Å². The maximum Gasteiger partial charge on any atom is 0.320 e. The van der Waals surface area contributed by atoms with Crippen LogP contribution in [0.1, 0.15) is 17.1 Å². The van der Waals surface area contributed by atoms with Crippen LogP contribution in [0.4, 0.5) is 4.79 Å². The van der Waals surface area contributed by atoms with Gasteiger partial charge in [-0.3, -0.25) is 4.79 Å². The Morgan fingerprint density at radius 3 is 2.30 bits per heavy atom. The van der Waals surface area contributed by atoms with Crippen molar-refractivity contribution >= 4 is 11.9 Å². The zero-order chi connectivity index (χ0) is 19.8. The van der Waals surface area contributed by atoms with Gasteiger partial charge in [-0.05, 0) is 24.6 Å². The minimum Gasteiger partial charge on any atom is -0.464 e. The van der Waals surface area contributed by atoms with Crippen LogP contribution in [0.2, 0.25) is 0 Å². The lowest BCUT2D eigenvalue weighted by atomic mass is 10.2. The fraction of sp³-hybridized carbons (Fsp3) is 0.333. The zero-order valence-electron chi connectivity index (χ0n) is 16.2. The monoisotopic (exact) mass is 369 g/mol. The first-order chi connectivity index (χ1) is 12.9. The average Bonchev–Trinajstić information content (AvgIpc) is 3.05. The molecule has 0 fully saturated rings. The predicted octanol–water partition coefficient (Wildman–Crippen LogP) is 3.29. The van der Waals surface area contributed by atoms with Gasteiger partial charge in [-0.15, -0.1) is 6.58 Å². The molecule has 0 saturated carbocycles. The van der Waals surface area contributed by atoms with Crippen molar-refractivity contribution < 1.29 is 14.0 Å². The summed E-state index contributed by atoms with van der Waals surface area (Å²) in [6, 6.07) is 13.3. The number of hydrogen-bond acceptors (Lipinski definition) is 3. The first kappa shape index (κ1) is 20.3. The minimum absolute atomic E-state index is 0.0183. The summed E-state index contributed by atoms with van der Waals surface area (Å²) in [5, 5.41) is 0. The molecule has 2 rings (SSSR count). The Kier molecular flexibility index (Phi) is 7.23. The Morgan fingerprint density at radius 2 is 1.74 bits per heavy atom.